The average Bonchev–Trinajstić information content (AvgIpc) is 2.47. The summed E-state index contributed by atoms with van der Waals surface area (Å²) in [5.41, 5.74) is -0.496. The standard InChI is InChI=1S/C14H10ClN3O4S/c1-2-5-17-13(20)10(12(19)16-14(17)23)7-8-6-9(15)3-4-11(8)18(21)22/h2-4,6-7H,1,5H2,(H,16,19,23)/b10-7+. The Morgan fingerprint density at radius 1 is 1.43 bits per heavy atom. The topological polar surface area (TPSA) is 92.6 Å². The lowest BCUT2D eigenvalue weighted by Gasteiger charge is -2.27. The van der Waals surface area contributed by atoms with Crippen LogP contribution in [0, 0.1) is 10.1 Å². The molecule has 0 atom stereocenters. The molecule has 7 nitrogen and oxygen atoms in total. The van der Waals surface area contributed by atoms with Crippen molar-refractivity contribution in [2.75, 3.05) is 6.54 Å². The number of nitrogens with one attached hydrogen (secondary N) is 1. The highest BCUT2D eigenvalue weighted by Crippen LogP contribution is 2.26. The normalized spacial score (nSPS) is 16.5. The Morgan fingerprint density at radius 2 is 2.13 bits per heavy atom. The van der Waals surface area contributed by atoms with E-state index < -0.39 is 16.7 Å². The summed E-state index contributed by atoms with van der Waals surface area (Å²) >= 11 is 10.8. The molecule has 0 unspecified atom stereocenters. The van der Waals surface area contributed by atoms with Gasteiger partial charge in [0.25, 0.3) is 17.5 Å². The summed E-state index contributed by atoms with van der Waals surface area (Å²) in [6, 6.07) is 3.85. The van der Waals surface area contributed by atoms with Crippen LogP contribution in [0.2, 0.25) is 5.02 Å². The number of nitro groups is 1. The second kappa shape index (κ2) is 6.67. The molecule has 0 radical (unpaired) electrons. The summed E-state index contributed by atoms with van der Waals surface area (Å²) < 4.78 is 0. The molecule has 23 heavy (non-hydrogen) atoms. The van der Waals surface area contributed by atoms with Gasteiger partial charge in [-0.1, -0.05) is 17.7 Å². The van der Waals surface area contributed by atoms with Crippen LogP contribution in [0.5, 0.6) is 0 Å². The fourth-order valence-electron chi connectivity index (χ4n) is 1.95. The number of nitro benzene ring substituents is 1. The first-order valence-corrected chi connectivity index (χ1v) is 7.07. The first kappa shape index (κ1) is 16.8. The number of hydrogen-bond donors (Lipinski definition) is 1. The zero-order valence-corrected chi connectivity index (χ0v) is 13.2. The second-order valence-corrected chi connectivity index (χ2v) is 5.31. The van der Waals surface area contributed by atoms with Crippen molar-refractivity contribution >= 4 is 52.5 Å². The van der Waals surface area contributed by atoms with E-state index in [1.165, 1.54) is 24.3 Å². The lowest BCUT2D eigenvalue weighted by atomic mass is 10.1. The van der Waals surface area contributed by atoms with Gasteiger partial charge >= 0.3 is 0 Å². The molecule has 1 aliphatic rings. The summed E-state index contributed by atoms with van der Waals surface area (Å²) in [6.07, 6.45) is 2.57. The third-order valence-electron chi connectivity index (χ3n) is 2.98. The Kier molecular flexibility index (Phi) is 4.87. The molecule has 1 fully saturated rings. The van der Waals surface area contributed by atoms with Gasteiger partial charge in [-0.3, -0.25) is 29.9 Å². The Labute approximate surface area is 141 Å². The van der Waals surface area contributed by atoms with Gasteiger partial charge in [0.1, 0.15) is 5.57 Å². The smallest absolute Gasteiger partial charge is 0.276 e. The molecule has 1 N–H and O–H groups in total. The Balaban J connectivity index is 2.53. The number of hydrogen-bond acceptors (Lipinski definition) is 5. The van der Waals surface area contributed by atoms with E-state index in [4.69, 9.17) is 23.8 Å². The number of benzene rings is 1. The summed E-state index contributed by atoms with van der Waals surface area (Å²) in [7, 11) is 0. The minimum Gasteiger partial charge on any atom is -0.298 e. The minimum atomic E-state index is -0.727. The van der Waals surface area contributed by atoms with Crippen LogP contribution in [-0.2, 0) is 9.59 Å². The first-order chi connectivity index (χ1) is 10.8. The van der Waals surface area contributed by atoms with E-state index in [2.05, 4.69) is 11.9 Å². The molecule has 0 saturated carbocycles. The van der Waals surface area contributed by atoms with Crippen molar-refractivity contribution in [3.63, 3.8) is 0 Å². The van der Waals surface area contributed by atoms with Gasteiger partial charge in [-0.15, -0.1) is 6.58 Å². The average molecular weight is 352 g/mol. The SMILES string of the molecule is C=CCN1C(=O)/C(=C/c2cc(Cl)ccc2[N+](=O)[O-])C(=O)NC1=S. The monoisotopic (exact) mass is 351 g/mol. The van der Waals surface area contributed by atoms with Gasteiger partial charge in [0, 0.05) is 17.6 Å². The number of rotatable bonds is 4. The highest BCUT2D eigenvalue weighted by Gasteiger charge is 2.33. The van der Waals surface area contributed by atoms with Gasteiger partial charge in [-0.2, -0.15) is 0 Å². The fraction of sp³-hybridized carbons (Fsp3) is 0.0714. The maximum absolute atomic E-state index is 12.4. The Morgan fingerprint density at radius 3 is 2.74 bits per heavy atom. The predicted molar refractivity (Wildman–Crippen MR) is 88.7 cm³/mol. The minimum absolute atomic E-state index is 0.0438. The molecule has 1 aromatic carbocycles. The Hall–Kier alpha value is -2.58. The maximum Gasteiger partial charge on any atom is 0.276 e. The molecule has 0 aliphatic carbocycles. The molecule has 1 saturated heterocycles. The van der Waals surface area contributed by atoms with E-state index in [1.54, 1.807) is 0 Å². The van der Waals surface area contributed by atoms with Crippen molar-refractivity contribution in [1.29, 1.82) is 0 Å². The van der Waals surface area contributed by atoms with Gasteiger partial charge in [-0.05, 0) is 30.4 Å². The van der Waals surface area contributed by atoms with Gasteiger partial charge in [0.15, 0.2) is 5.11 Å². The largest absolute Gasteiger partial charge is 0.298 e. The molecule has 118 valence electrons. The van der Waals surface area contributed by atoms with Crippen LogP contribution in [0.15, 0.2) is 36.4 Å². The van der Waals surface area contributed by atoms with Crippen LogP contribution in [0.1, 0.15) is 5.56 Å². The van der Waals surface area contributed by atoms with E-state index >= 15 is 0 Å². The molecule has 0 bridgehead atoms. The van der Waals surface area contributed by atoms with Gasteiger partial charge < -0.3 is 0 Å². The lowest BCUT2D eigenvalue weighted by molar-refractivity contribution is -0.385. The van der Waals surface area contributed by atoms with E-state index in [-0.39, 0.29) is 33.5 Å². The van der Waals surface area contributed by atoms with Crippen molar-refractivity contribution in [3.8, 4) is 0 Å². The molecule has 9 heteroatoms. The number of thiocarbonyl (C=S) groups is 1. The van der Waals surface area contributed by atoms with Gasteiger partial charge in [0.05, 0.1) is 10.5 Å². The second-order valence-electron chi connectivity index (χ2n) is 4.48. The third kappa shape index (κ3) is 3.43. The van der Waals surface area contributed by atoms with Crippen molar-refractivity contribution in [2.24, 2.45) is 0 Å². The molecule has 2 amide bonds. The van der Waals surface area contributed by atoms with Crippen molar-refractivity contribution in [1.82, 2.24) is 10.2 Å². The molecule has 1 heterocycles. The van der Waals surface area contributed by atoms with E-state index in [0.717, 1.165) is 11.0 Å². The molecule has 1 aromatic rings. The first-order valence-electron chi connectivity index (χ1n) is 6.29. The quantitative estimate of drug-likeness (QED) is 0.224. The Bertz CT molecular complexity index is 775. The highest BCUT2D eigenvalue weighted by molar-refractivity contribution is 7.80. The van der Waals surface area contributed by atoms with Gasteiger partial charge in [0.2, 0.25) is 0 Å². The molecule has 0 spiro atoms. The van der Waals surface area contributed by atoms with Crippen molar-refractivity contribution in [2.45, 2.75) is 0 Å². The zero-order valence-electron chi connectivity index (χ0n) is 11.6. The summed E-state index contributed by atoms with van der Waals surface area (Å²) in [5.74, 6) is -1.39. The van der Waals surface area contributed by atoms with Crippen LogP contribution >= 0.6 is 23.8 Å². The van der Waals surface area contributed by atoms with Crippen LogP contribution in [0.4, 0.5) is 5.69 Å². The number of nitrogens with zero attached hydrogens (tertiary/aromatic N) is 2. The van der Waals surface area contributed by atoms with E-state index in [0.29, 0.717) is 0 Å². The number of halogens is 1. The van der Waals surface area contributed by atoms with E-state index in [1.807, 2.05) is 0 Å². The lowest BCUT2D eigenvalue weighted by Crippen LogP contribution is -2.53. The summed E-state index contributed by atoms with van der Waals surface area (Å²) in [4.78, 5) is 35.9. The molecule has 2 rings (SSSR count). The van der Waals surface area contributed by atoms with Crippen LogP contribution < -0.4 is 5.32 Å². The van der Waals surface area contributed by atoms with Crippen molar-refractivity contribution < 1.29 is 14.5 Å². The molecule has 1 aliphatic heterocycles. The highest BCUT2D eigenvalue weighted by atomic mass is 35.5. The number of amides is 2. The van der Waals surface area contributed by atoms with Crippen LogP contribution in [0.25, 0.3) is 6.08 Å². The molecular weight excluding hydrogens is 342 g/mol. The third-order valence-corrected chi connectivity index (χ3v) is 3.54. The number of carbonyl (C=O) groups excluding carboxylic acids is 2. The van der Waals surface area contributed by atoms with Crippen molar-refractivity contribution in [3.05, 3.63) is 57.1 Å². The summed E-state index contributed by atoms with van der Waals surface area (Å²) in [6.45, 7) is 3.61. The predicted octanol–water partition coefficient (Wildman–Crippen LogP) is 2.06. The van der Waals surface area contributed by atoms with Gasteiger partial charge in [-0.25, -0.2) is 0 Å². The van der Waals surface area contributed by atoms with Crippen LogP contribution in [0.3, 0.4) is 0 Å². The number of carbonyl (C=O) groups is 2. The van der Waals surface area contributed by atoms with E-state index in [9.17, 15) is 19.7 Å². The summed E-state index contributed by atoms with van der Waals surface area (Å²) in [5, 5.41) is 13.6. The van der Waals surface area contributed by atoms with Crippen LogP contribution in [-0.4, -0.2) is 33.3 Å². The molecular formula is C14H10ClN3O4S. The molecule has 0 aromatic heterocycles. The maximum atomic E-state index is 12.4. The fourth-order valence-corrected chi connectivity index (χ4v) is 2.38. The zero-order chi connectivity index (χ0) is 17.1.